The zero-order valence-corrected chi connectivity index (χ0v) is 27.0. The standard InChI is InChI=1S/C46H29N3O/c1-2-16-37(17-3-1)49-38-18-8-12-32(26-38)30-10-6-14-34(24-30)42-29-43(35-22-23-45-41(28-35)40-20-4-5-21-44(40)50-45)48-46(47-42)36-15-7-11-31(25-36)33-13-9-19-39(49)27-33/h1-29H. The molecule has 0 N–H and O–H groups in total. The van der Waals surface area contributed by atoms with Gasteiger partial charge in [0.1, 0.15) is 11.2 Å². The second-order valence-corrected chi connectivity index (χ2v) is 12.7. The van der Waals surface area contributed by atoms with Crippen LogP contribution in [0.1, 0.15) is 0 Å². The molecule has 0 atom stereocenters. The van der Waals surface area contributed by atoms with Gasteiger partial charge in [-0.2, -0.15) is 0 Å². The molecule has 7 aromatic carbocycles. The summed E-state index contributed by atoms with van der Waals surface area (Å²) in [6.07, 6.45) is 0. The second-order valence-electron chi connectivity index (χ2n) is 12.7. The van der Waals surface area contributed by atoms with Gasteiger partial charge < -0.3 is 9.32 Å². The van der Waals surface area contributed by atoms with E-state index in [0.29, 0.717) is 5.82 Å². The quantitative estimate of drug-likeness (QED) is 0.189. The predicted molar refractivity (Wildman–Crippen MR) is 205 cm³/mol. The molecule has 4 heteroatoms. The average Bonchev–Trinajstić information content (AvgIpc) is 3.56. The number of hydrogen-bond acceptors (Lipinski definition) is 4. The molecule has 9 aromatic rings. The number of fused-ring (bicyclic) bond motifs is 17. The molecule has 1 aliphatic rings. The molecule has 0 unspecified atom stereocenters. The highest BCUT2D eigenvalue weighted by Gasteiger charge is 2.17. The van der Waals surface area contributed by atoms with E-state index in [2.05, 4.69) is 163 Å². The van der Waals surface area contributed by atoms with E-state index in [0.717, 1.165) is 89.3 Å². The van der Waals surface area contributed by atoms with Gasteiger partial charge >= 0.3 is 0 Å². The van der Waals surface area contributed by atoms with Crippen molar-refractivity contribution < 1.29 is 4.42 Å². The summed E-state index contributed by atoms with van der Waals surface area (Å²) in [5, 5.41) is 2.17. The van der Waals surface area contributed by atoms with Gasteiger partial charge in [0, 0.05) is 44.5 Å². The Morgan fingerprint density at radius 2 is 0.860 bits per heavy atom. The maximum absolute atomic E-state index is 6.15. The fourth-order valence-corrected chi connectivity index (χ4v) is 7.13. The van der Waals surface area contributed by atoms with E-state index < -0.39 is 0 Å². The van der Waals surface area contributed by atoms with Crippen molar-refractivity contribution in [3.8, 4) is 56.2 Å². The van der Waals surface area contributed by atoms with Crippen molar-refractivity contribution >= 4 is 39.0 Å². The molecule has 10 bridgehead atoms. The maximum Gasteiger partial charge on any atom is 0.160 e. The van der Waals surface area contributed by atoms with Crippen LogP contribution in [-0.4, -0.2) is 9.97 Å². The van der Waals surface area contributed by atoms with Gasteiger partial charge in [0.25, 0.3) is 0 Å². The second kappa shape index (κ2) is 11.4. The highest BCUT2D eigenvalue weighted by atomic mass is 16.3. The number of aromatic nitrogens is 2. The van der Waals surface area contributed by atoms with Crippen LogP contribution in [0.15, 0.2) is 180 Å². The number of anilines is 3. The maximum atomic E-state index is 6.15. The number of furan rings is 1. The van der Waals surface area contributed by atoms with Gasteiger partial charge in [0.2, 0.25) is 0 Å². The van der Waals surface area contributed by atoms with Crippen molar-refractivity contribution in [3.63, 3.8) is 0 Å². The molecule has 2 aromatic heterocycles. The lowest BCUT2D eigenvalue weighted by molar-refractivity contribution is 0.669. The number of benzene rings is 7. The van der Waals surface area contributed by atoms with Crippen molar-refractivity contribution in [2.24, 2.45) is 0 Å². The van der Waals surface area contributed by atoms with Crippen molar-refractivity contribution in [2.45, 2.75) is 0 Å². The monoisotopic (exact) mass is 639 g/mol. The molecule has 0 saturated carbocycles. The summed E-state index contributed by atoms with van der Waals surface area (Å²) in [4.78, 5) is 12.8. The molecule has 0 radical (unpaired) electrons. The summed E-state index contributed by atoms with van der Waals surface area (Å²) >= 11 is 0. The minimum atomic E-state index is 0.679. The molecule has 10 rings (SSSR count). The average molecular weight is 640 g/mol. The van der Waals surface area contributed by atoms with Gasteiger partial charge in [-0.3, -0.25) is 0 Å². The third kappa shape index (κ3) is 4.85. The summed E-state index contributed by atoms with van der Waals surface area (Å²) in [7, 11) is 0. The number of nitrogens with zero attached hydrogens (tertiary/aromatic N) is 3. The van der Waals surface area contributed by atoms with Crippen LogP contribution in [0, 0.1) is 0 Å². The molecule has 234 valence electrons. The van der Waals surface area contributed by atoms with Gasteiger partial charge in [0.05, 0.1) is 11.4 Å². The molecule has 0 amide bonds. The molecular weight excluding hydrogens is 611 g/mol. The summed E-state index contributed by atoms with van der Waals surface area (Å²) in [6.45, 7) is 0. The fourth-order valence-electron chi connectivity index (χ4n) is 7.13. The zero-order chi connectivity index (χ0) is 33.0. The lowest BCUT2D eigenvalue weighted by Gasteiger charge is -2.26. The minimum absolute atomic E-state index is 0.679. The van der Waals surface area contributed by atoms with Crippen molar-refractivity contribution in [3.05, 3.63) is 176 Å². The Kier molecular flexibility index (Phi) is 6.46. The highest BCUT2D eigenvalue weighted by molar-refractivity contribution is 6.06. The van der Waals surface area contributed by atoms with E-state index in [-0.39, 0.29) is 0 Å². The number of rotatable bonds is 2. The lowest BCUT2D eigenvalue weighted by Crippen LogP contribution is -2.10. The lowest BCUT2D eigenvalue weighted by atomic mass is 9.98. The molecule has 50 heavy (non-hydrogen) atoms. The van der Waals surface area contributed by atoms with Crippen LogP contribution in [0.2, 0.25) is 0 Å². The molecule has 0 spiro atoms. The smallest absolute Gasteiger partial charge is 0.160 e. The minimum Gasteiger partial charge on any atom is -0.456 e. The topological polar surface area (TPSA) is 42.2 Å². The molecule has 0 aliphatic carbocycles. The van der Waals surface area contributed by atoms with Gasteiger partial charge in [-0.15, -0.1) is 0 Å². The molecule has 1 aliphatic heterocycles. The fraction of sp³-hybridized carbons (Fsp3) is 0. The molecule has 0 fully saturated rings. The first kappa shape index (κ1) is 28.3. The molecule has 4 nitrogen and oxygen atoms in total. The van der Waals surface area contributed by atoms with Crippen LogP contribution >= 0.6 is 0 Å². The van der Waals surface area contributed by atoms with E-state index in [9.17, 15) is 0 Å². The van der Waals surface area contributed by atoms with Crippen LogP contribution in [0.3, 0.4) is 0 Å². The van der Waals surface area contributed by atoms with Crippen molar-refractivity contribution in [1.29, 1.82) is 0 Å². The Morgan fingerprint density at radius 3 is 1.58 bits per heavy atom. The van der Waals surface area contributed by atoms with E-state index in [1.165, 1.54) is 0 Å². The first-order valence-electron chi connectivity index (χ1n) is 16.8. The Labute approximate surface area is 289 Å². The third-order valence-electron chi connectivity index (χ3n) is 9.57. The third-order valence-corrected chi connectivity index (χ3v) is 9.57. The van der Waals surface area contributed by atoms with Crippen molar-refractivity contribution in [1.82, 2.24) is 9.97 Å². The van der Waals surface area contributed by atoms with Crippen LogP contribution in [-0.2, 0) is 0 Å². The number of para-hydroxylation sites is 2. The summed E-state index contributed by atoms with van der Waals surface area (Å²) in [6, 6.07) is 61.9. The summed E-state index contributed by atoms with van der Waals surface area (Å²) < 4.78 is 6.15. The highest BCUT2D eigenvalue weighted by Crippen LogP contribution is 2.40. The SMILES string of the molecule is c1ccc(N2c3cccc(c3)-c3cccc(c3)-c3cc(-c4ccc5oc6ccccc6c5c4)nc(n3)-c3cccc(c3)-c3cccc2c3)cc1. The summed E-state index contributed by atoms with van der Waals surface area (Å²) in [5.74, 6) is 0.679. The first-order chi connectivity index (χ1) is 24.7. The molecule has 3 heterocycles. The molecule has 0 saturated heterocycles. The van der Waals surface area contributed by atoms with Gasteiger partial charge in [-0.05, 0) is 101 Å². The van der Waals surface area contributed by atoms with E-state index >= 15 is 0 Å². The number of hydrogen-bond donors (Lipinski definition) is 0. The normalized spacial score (nSPS) is 12.0. The zero-order valence-electron chi connectivity index (χ0n) is 27.0. The Balaban J connectivity index is 1.22. The Hall–Kier alpha value is -6.78. The van der Waals surface area contributed by atoms with Gasteiger partial charge in [0.15, 0.2) is 5.82 Å². The Morgan fingerprint density at radius 1 is 0.340 bits per heavy atom. The molecular formula is C46H29N3O. The van der Waals surface area contributed by atoms with Crippen LogP contribution in [0.25, 0.3) is 78.1 Å². The first-order valence-corrected chi connectivity index (χ1v) is 16.8. The van der Waals surface area contributed by atoms with Crippen LogP contribution in [0.5, 0.6) is 0 Å². The van der Waals surface area contributed by atoms with Gasteiger partial charge in [-0.1, -0.05) is 97.1 Å². The van der Waals surface area contributed by atoms with Crippen LogP contribution in [0.4, 0.5) is 17.1 Å². The van der Waals surface area contributed by atoms with E-state index in [4.69, 9.17) is 14.4 Å². The van der Waals surface area contributed by atoms with Crippen LogP contribution < -0.4 is 4.90 Å². The van der Waals surface area contributed by atoms with E-state index in [1.54, 1.807) is 0 Å². The summed E-state index contributed by atoms with van der Waals surface area (Å²) in [5.41, 5.74) is 14.2. The van der Waals surface area contributed by atoms with Crippen molar-refractivity contribution in [2.75, 3.05) is 4.90 Å². The predicted octanol–water partition coefficient (Wildman–Crippen LogP) is 12.5. The van der Waals surface area contributed by atoms with E-state index in [1.807, 2.05) is 18.2 Å². The Bertz CT molecular complexity index is 2620. The van der Waals surface area contributed by atoms with Gasteiger partial charge in [-0.25, -0.2) is 9.97 Å². The largest absolute Gasteiger partial charge is 0.456 e.